The third-order valence-electron chi connectivity index (χ3n) is 3.07. The number of aromatic nitrogens is 1. The van der Waals surface area contributed by atoms with E-state index in [1.54, 1.807) is 0 Å². The summed E-state index contributed by atoms with van der Waals surface area (Å²) in [6, 6.07) is 17.0. The van der Waals surface area contributed by atoms with E-state index in [4.69, 9.17) is 0 Å². The number of rotatable bonds is 2. The minimum atomic E-state index is -0.782. The van der Waals surface area contributed by atoms with Gasteiger partial charge in [0.25, 0.3) is 0 Å². The summed E-state index contributed by atoms with van der Waals surface area (Å²) in [4.78, 5) is 25.2. The van der Waals surface area contributed by atoms with E-state index in [1.165, 1.54) is 0 Å². The number of amides is 1. The molecule has 0 atom stereocenters. The highest BCUT2D eigenvalue weighted by Gasteiger charge is 2.19. The smallest absolute Gasteiger partial charge is 0.333 e. The Morgan fingerprint density at radius 1 is 0.947 bits per heavy atom. The normalized spacial score (nSPS) is 10.5. The zero-order valence-corrected chi connectivity index (χ0v) is 9.96. The second-order valence-electron chi connectivity index (χ2n) is 4.18. The van der Waals surface area contributed by atoms with Crippen molar-refractivity contribution in [3.8, 4) is 11.1 Å². The molecular formula is C15H10N2O2. The summed E-state index contributed by atoms with van der Waals surface area (Å²) >= 11 is 0. The number of fused-ring (bicyclic) bond motifs is 1. The zero-order chi connectivity index (χ0) is 13.2. The molecule has 4 heteroatoms. The molecular weight excluding hydrogens is 240 g/mol. The molecule has 0 aliphatic rings. The lowest BCUT2D eigenvalue weighted by atomic mass is 10.0. The molecule has 3 aromatic rings. The molecule has 0 unspecified atom stereocenters. The van der Waals surface area contributed by atoms with Crippen molar-refractivity contribution in [1.82, 2.24) is 4.98 Å². The third-order valence-corrected chi connectivity index (χ3v) is 3.07. The van der Waals surface area contributed by atoms with Crippen LogP contribution in [-0.2, 0) is 0 Å². The minimum Gasteiger partial charge on any atom is -0.350 e. The van der Waals surface area contributed by atoms with Gasteiger partial charge in [0.2, 0.25) is 0 Å². The lowest BCUT2D eigenvalue weighted by Gasteiger charge is -2.01. The summed E-state index contributed by atoms with van der Waals surface area (Å²) in [6.45, 7) is 0. The lowest BCUT2D eigenvalue weighted by Crippen LogP contribution is -1.96. The SMILES string of the molecule is O=NC(=O)c1[nH]c2ccccc2c1-c1ccccc1. The van der Waals surface area contributed by atoms with Crippen LogP contribution in [0.3, 0.4) is 0 Å². The fraction of sp³-hybridized carbons (Fsp3) is 0. The van der Waals surface area contributed by atoms with Gasteiger partial charge < -0.3 is 4.98 Å². The fourth-order valence-corrected chi connectivity index (χ4v) is 2.25. The van der Waals surface area contributed by atoms with Gasteiger partial charge in [0.15, 0.2) is 0 Å². The van der Waals surface area contributed by atoms with Crippen LogP contribution in [0.25, 0.3) is 22.0 Å². The monoisotopic (exact) mass is 250 g/mol. The van der Waals surface area contributed by atoms with Crippen molar-refractivity contribution in [3.05, 3.63) is 65.2 Å². The first-order valence-electron chi connectivity index (χ1n) is 5.85. The highest BCUT2D eigenvalue weighted by Crippen LogP contribution is 2.32. The maximum absolute atomic E-state index is 11.7. The van der Waals surface area contributed by atoms with E-state index in [1.807, 2.05) is 54.6 Å². The molecule has 0 spiro atoms. The van der Waals surface area contributed by atoms with Crippen molar-refractivity contribution in [3.63, 3.8) is 0 Å². The van der Waals surface area contributed by atoms with Gasteiger partial charge in [-0.3, -0.25) is 4.79 Å². The molecule has 3 rings (SSSR count). The number of hydrogen-bond acceptors (Lipinski definition) is 2. The third kappa shape index (κ3) is 1.83. The van der Waals surface area contributed by atoms with Gasteiger partial charge in [-0.15, -0.1) is 4.91 Å². The number of benzene rings is 2. The number of aromatic amines is 1. The van der Waals surface area contributed by atoms with Crippen molar-refractivity contribution < 1.29 is 4.79 Å². The summed E-state index contributed by atoms with van der Waals surface area (Å²) in [5.41, 5.74) is 2.66. The van der Waals surface area contributed by atoms with Gasteiger partial charge in [-0.1, -0.05) is 48.5 Å². The van der Waals surface area contributed by atoms with Crippen molar-refractivity contribution in [2.45, 2.75) is 0 Å². The molecule has 1 amide bonds. The first kappa shape index (κ1) is 11.3. The molecule has 0 radical (unpaired) electrons. The van der Waals surface area contributed by atoms with Gasteiger partial charge in [-0.2, -0.15) is 0 Å². The predicted molar refractivity (Wildman–Crippen MR) is 73.9 cm³/mol. The van der Waals surface area contributed by atoms with Crippen LogP contribution in [0.1, 0.15) is 10.5 Å². The van der Waals surface area contributed by atoms with Crippen LogP contribution in [0.4, 0.5) is 0 Å². The number of nitrogens with zero attached hydrogens (tertiary/aromatic N) is 1. The van der Waals surface area contributed by atoms with Gasteiger partial charge in [0, 0.05) is 21.6 Å². The predicted octanol–water partition coefficient (Wildman–Crippen LogP) is 3.74. The fourth-order valence-electron chi connectivity index (χ4n) is 2.25. The first-order valence-corrected chi connectivity index (χ1v) is 5.85. The topological polar surface area (TPSA) is 62.3 Å². The molecule has 2 aromatic carbocycles. The van der Waals surface area contributed by atoms with Gasteiger partial charge in [-0.25, -0.2) is 0 Å². The molecule has 92 valence electrons. The number of nitroso groups, excluding NO2 is 1. The number of carbonyl (C=O) groups is 1. The second-order valence-corrected chi connectivity index (χ2v) is 4.18. The highest BCUT2D eigenvalue weighted by molar-refractivity contribution is 6.09. The molecule has 1 N–H and O–H groups in total. The summed E-state index contributed by atoms with van der Waals surface area (Å²) in [6.07, 6.45) is 0. The Balaban J connectivity index is 2.37. The van der Waals surface area contributed by atoms with E-state index in [0.29, 0.717) is 0 Å². The van der Waals surface area contributed by atoms with E-state index in [2.05, 4.69) is 10.2 Å². The minimum absolute atomic E-state index is 0.238. The van der Waals surface area contributed by atoms with Crippen molar-refractivity contribution in [1.29, 1.82) is 0 Å². The quantitative estimate of drug-likeness (QED) is 0.704. The molecule has 0 bridgehead atoms. The van der Waals surface area contributed by atoms with E-state index < -0.39 is 5.91 Å². The molecule has 19 heavy (non-hydrogen) atoms. The molecule has 0 aliphatic carbocycles. The molecule has 0 saturated heterocycles. The average Bonchev–Trinajstić information content (AvgIpc) is 2.86. The van der Waals surface area contributed by atoms with E-state index in [9.17, 15) is 9.70 Å². The van der Waals surface area contributed by atoms with E-state index in [-0.39, 0.29) is 5.69 Å². The maximum atomic E-state index is 11.7. The number of hydrogen-bond donors (Lipinski definition) is 1. The average molecular weight is 250 g/mol. The summed E-state index contributed by atoms with van der Waals surface area (Å²) < 4.78 is 0. The van der Waals surface area contributed by atoms with Crippen LogP contribution >= 0.6 is 0 Å². The van der Waals surface area contributed by atoms with Gasteiger partial charge in [0.05, 0.1) is 0 Å². The molecule has 1 heterocycles. The van der Waals surface area contributed by atoms with Gasteiger partial charge >= 0.3 is 5.91 Å². The largest absolute Gasteiger partial charge is 0.350 e. The summed E-state index contributed by atoms with van der Waals surface area (Å²) in [5, 5.41) is 3.42. The maximum Gasteiger partial charge on any atom is 0.333 e. The van der Waals surface area contributed by atoms with Crippen LogP contribution in [-0.4, -0.2) is 10.9 Å². The standard InChI is InChI=1S/C15H10N2O2/c18-15(17-19)14-13(10-6-2-1-3-7-10)11-8-4-5-9-12(11)16-14/h1-9,16H. The van der Waals surface area contributed by atoms with Crippen molar-refractivity contribution in [2.75, 3.05) is 0 Å². The summed E-state index contributed by atoms with van der Waals surface area (Å²) in [5.74, 6) is -0.782. The van der Waals surface area contributed by atoms with Crippen LogP contribution in [0.5, 0.6) is 0 Å². The van der Waals surface area contributed by atoms with Crippen LogP contribution < -0.4 is 0 Å². The number of para-hydroxylation sites is 1. The Morgan fingerprint density at radius 3 is 2.37 bits per heavy atom. The zero-order valence-electron chi connectivity index (χ0n) is 9.96. The van der Waals surface area contributed by atoms with Crippen LogP contribution in [0.2, 0.25) is 0 Å². The Kier molecular flexibility index (Phi) is 2.68. The molecule has 1 aromatic heterocycles. The van der Waals surface area contributed by atoms with Gasteiger partial charge in [-0.05, 0) is 11.6 Å². The van der Waals surface area contributed by atoms with Crippen molar-refractivity contribution >= 4 is 16.8 Å². The van der Waals surface area contributed by atoms with E-state index in [0.717, 1.165) is 22.0 Å². The summed E-state index contributed by atoms with van der Waals surface area (Å²) in [7, 11) is 0. The van der Waals surface area contributed by atoms with Crippen molar-refractivity contribution in [2.24, 2.45) is 5.18 Å². The Labute approximate surface area is 109 Å². The highest BCUT2D eigenvalue weighted by atomic mass is 16.3. The Hall–Kier alpha value is -2.75. The lowest BCUT2D eigenvalue weighted by molar-refractivity contribution is 0.0997. The molecule has 0 saturated carbocycles. The van der Waals surface area contributed by atoms with E-state index >= 15 is 0 Å². The first-order chi connectivity index (χ1) is 9.31. The Bertz CT molecular complexity index is 760. The number of nitrogens with one attached hydrogen (secondary N) is 1. The number of H-pyrrole nitrogens is 1. The van der Waals surface area contributed by atoms with Crippen LogP contribution in [0.15, 0.2) is 59.8 Å². The number of carbonyl (C=O) groups excluding carboxylic acids is 1. The molecule has 0 fully saturated rings. The molecule has 4 nitrogen and oxygen atoms in total. The van der Waals surface area contributed by atoms with Crippen LogP contribution in [0, 0.1) is 4.91 Å². The molecule has 0 aliphatic heterocycles. The Morgan fingerprint density at radius 2 is 1.63 bits per heavy atom. The second kappa shape index (κ2) is 4.49. The van der Waals surface area contributed by atoms with Gasteiger partial charge in [0.1, 0.15) is 5.69 Å².